The second-order valence-corrected chi connectivity index (χ2v) is 5.39. The van der Waals surface area contributed by atoms with Crippen molar-refractivity contribution in [3.63, 3.8) is 0 Å². The van der Waals surface area contributed by atoms with Crippen LogP contribution in [0, 0.1) is 0 Å². The lowest BCUT2D eigenvalue weighted by Gasteiger charge is -2.41. The Morgan fingerprint density at radius 3 is 2.83 bits per heavy atom. The van der Waals surface area contributed by atoms with E-state index in [0.717, 1.165) is 32.2 Å². The van der Waals surface area contributed by atoms with Crippen LogP contribution >= 0.6 is 0 Å². The molecule has 0 spiro atoms. The quantitative estimate of drug-likeness (QED) is 0.728. The maximum absolute atomic E-state index is 11.8. The number of primary amides is 1. The molecule has 1 saturated carbocycles. The van der Waals surface area contributed by atoms with Crippen LogP contribution in [-0.2, 0) is 14.3 Å². The maximum atomic E-state index is 11.8. The molecule has 2 fully saturated rings. The topological polar surface area (TPSA) is 73.6 Å². The minimum Gasteiger partial charge on any atom is -0.376 e. The summed E-state index contributed by atoms with van der Waals surface area (Å²) in [4.78, 5) is 11.8. The lowest BCUT2D eigenvalue weighted by atomic mass is 9.79. The summed E-state index contributed by atoms with van der Waals surface area (Å²) in [5, 5.41) is 3.34. The molecule has 5 heteroatoms. The first-order valence-electron chi connectivity index (χ1n) is 6.94. The molecule has 0 aromatic carbocycles. The first kappa shape index (κ1) is 13.8. The summed E-state index contributed by atoms with van der Waals surface area (Å²) in [5.41, 5.74) is 5.03. The smallest absolute Gasteiger partial charge is 0.237 e. The van der Waals surface area contributed by atoms with Gasteiger partial charge in [-0.1, -0.05) is 6.92 Å². The zero-order chi connectivity index (χ0) is 13.0. The van der Waals surface area contributed by atoms with Gasteiger partial charge in [0.05, 0.1) is 19.3 Å². The molecule has 0 bridgehead atoms. The molecule has 2 aliphatic rings. The first-order chi connectivity index (χ1) is 8.66. The van der Waals surface area contributed by atoms with E-state index in [2.05, 4.69) is 12.2 Å². The predicted molar refractivity (Wildman–Crippen MR) is 68.2 cm³/mol. The number of nitrogens with two attached hydrogens (primary N) is 1. The highest BCUT2D eigenvalue weighted by molar-refractivity contribution is 5.84. The van der Waals surface area contributed by atoms with Gasteiger partial charge < -0.3 is 20.5 Å². The molecule has 2 atom stereocenters. The van der Waals surface area contributed by atoms with Crippen molar-refractivity contribution < 1.29 is 14.3 Å². The van der Waals surface area contributed by atoms with Crippen LogP contribution in [0.4, 0.5) is 0 Å². The first-order valence-corrected chi connectivity index (χ1v) is 6.94. The second-order valence-electron chi connectivity index (χ2n) is 5.39. The Labute approximate surface area is 108 Å². The van der Waals surface area contributed by atoms with E-state index in [4.69, 9.17) is 15.2 Å². The molecule has 5 nitrogen and oxygen atoms in total. The van der Waals surface area contributed by atoms with Gasteiger partial charge in [0.1, 0.15) is 11.6 Å². The lowest BCUT2D eigenvalue weighted by molar-refractivity contribution is -0.167. The van der Waals surface area contributed by atoms with E-state index in [1.165, 1.54) is 0 Å². The van der Waals surface area contributed by atoms with Crippen molar-refractivity contribution in [2.24, 2.45) is 5.73 Å². The Kier molecular flexibility index (Phi) is 4.59. The van der Waals surface area contributed by atoms with Crippen molar-refractivity contribution in [2.45, 2.75) is 56.8 Å². The average Bonchev–Trinajstić information content (AvgIpc) is 2.32. The molecule has 1 aliphatic heterocycles. The zero-order valence-electron chi connectivity index (χ0n) is 11.1. The van der Waals surface area contributed by atoms with E-state index in [-0.39, 0.29) is 18.1 Å². The summed E-state index contributed by atoms with van der Waals surface area (Å²) in [6.45, 7) is 4.28. The highest BCUT2D eigenvalue weighted by Crippen LogP contribution is 2.31. The van der Waals surface area contributed by atoms with Gasteiger partial charge in [-0.2, -0.15) is 0 Å². The third-order valence-electron chi connectivity index (χ3n) is 3.88. The van der Waals surface area contributed by atoms with Crippen molar-refractivity contribution in [2.75, 3.05) is 19.8 Å². The zero-order valence-corrected chi connectivity index (χ0v) is 11.1. The number of nitrogens with one attached hydrogen (secondary N) is 1. The number of amides is 1. The van der Waals surface area contributed by atoms with Crippen LogP contribution in [0.1, 0.15) is 39.0 Å². The van der Waals surface area contributed by atoms with Crippen LogP contribution in [0.5, 0.6) is 0 Å². The van der Waals surface area contributed by atoms with Crippen molar-refractivity contribution in [1.29, 1.82) is 0 Å². The number of rotatable bonds is 6. The average molecular weight is 256 g/mol. The Morgan fingerprint density at radius 1 is 1.50 bits per heavy atom. The maximum Gasteiger partial charge on any atom is 0.237 e. The molecule has 2 rings (SSSR count). The third kappa shape index (κ3) is 3.02. The molecule has 104 valence electrons. The summed E-state index contributed by atoms with van der Waals surface area (Å²) in [6.07, 6.45) is 4.85. The monoisotopic (exact) mass is 256 g/mol. The van der Waals surface area contributed by atoms with Crippen molar-refractivity contribution in [3.05, 3.63) is 0 Å². The number of hydrogen-bond donors (Lipinski definition) is 2. The van der Waals surface area contributed by atoms with Gasteiger partial charge in [0.25, 0.3) is 0 Å². The number of hydrogen-bond acceptors (Lipinski definition) is 4. The van der Waals surface area contributed by atoms with Gasteiger partial charge in [-0.05, 0) is 32.2 Å². The fourth-order valence-electron chi connectivity index (χ4n) is 2.74. The predicted octanol–water partition coefficient (Wildman–Crippen LogP) is 0.568. The summed E-state index contributed by atoms with van der Waals surface area (Å²) < 4.78 is 11.0. The van der Waals surface area contributed by atoms with E-state index in [9.17, 15) is 4.79 Å². The Morgan fingerprint density at radius 2 is 2.28 bits per heavy atom. The second kappa shape index (κ2) is 5.99. The van der Waals surface area contributed by atoms with E-state index in [1.807, 2.05) is 0 Å². The summed E-state index contributed by atoms with van der Waals surface area (Å²) in [5.74, 6) is -0.242. The summed E-state index contributed by atoms with van der Waals surface area (Å²) in [6, 6.07) is 0. The molecule has 0 radical (unpaired) electrons. The molecule has 3 N–H and O–H groups in total. The number of carbonyl (C=O) groups excluding carboxylic acids is 1. The van der Waals surface area contributed by atoms with Gasteiger partial charge in [-0.25, -0.2) is 0 Å². The standard InChI is InChI=1S/C13H24N2O3/c1-2-6-15-13(12(14)16)5-3-4-10(7-13)18-11-8-17-9-11/h10-11,15H,2-9H2,1H3,(H2,14,16). The number of ether oxygens (including phenoxy) is 2. The van der Waals surface area contributed by atoms with Crippen LogP contribution < -0.4 is 11.1 Å². The lowest BCUT2D eigenvalue weighted by Crippen LogP contribution is -2.59. The largest absolute Gasteiger partial charge is 0.376 e. The minimum atomic E-state index is -0.566. The molecule has 0 aromatic rings. The van der Waals surface area contributed by atoms with Crippen molar-refractivity contribution in [3.8, 4) is 0 Å². The molecule has 1 heterocycles. The molecule has 1 amide bonds. The number of carbonyl (C=O) groups is 1. The molecular weight excluding hydrogens is 232 g/mol. The Hall–Kier alpha value is -0.650. The minimum absolute atomic E-state index is 0.129. The van der Waals surface area contributed by atoms with Crippen LogP contribution in [0.15, 0.2) is 0 Å². The highest BCUT2D eigenvalue weighted by Gasteiger charge is 2.42. The van der Waals surface area contributed by atoms with E-state index >= 15 is 0 Å². The molecule has 18 heavy (non-hydrogen) atoms. The van der Waals surface area contributed by atoms with E-state index in [0.29, 0.717) is 19.6 Å². The van der Waals surface area contributed by atoms with Gasteiger partial charge in [0.15, 0.2) is 0 Å². The van der Waals surface area contributed by atoms with E-state index < -0.39 is 5.54 Å². The van der Waals surface area contributed by atoms with Crippen LogP contribution in [-0.4, -0.2) is 43.4 Å². The summed E-state index contributed by atoms with van der Waals surface area (Å²) >= 11 is 0. The van der Waals surface area contributed by atoms with Crippen LogP contribution in [0.25, 0.3) is 0 Å². The molecule has 0 aromatic heterocycles. The fraction of sp³-hybridized carbons (Fsp3) is 0.923. The molecule has 2 unspecified atom stereocenters. The molecule has 1 saturated heterocycles. The fourth-order valence-corrected chi connectivity index (χ4v) is 2.74. The normalized spacial score (nSPS) is 33.1. The molecular formula is C13H24N2O3. The van der Waals surface area contributed by atoms with Gasteiger partial charge in [0, 0.05) is 6.42 Å². The molecule has 1 aliphatic carbocycles. The van der Waals surface area contributed by atoms with Gasteiger partial charge in [-0.3, -0.25) is 4.79 Å². The van der Waals surface area contributed by atoms with Crippen molar-refractivity contribution >= 4 is 5.91 Å². The third-order valence-corrected chi connectivity index (χ3v) is 3.88. The van der Waals surface area contributed by atoms with Gasteiger partial charge in [0.2, 0.25) is 5.91 Å². The Bertz CT molecular complexity index is 294. The van der Waals surface area contributed by atoms with Crippen LogP contribution in [0.2, 0.25) is 0 Å². The van der Waals surface area contributed by atoms with Crippen molar-refractivity contribution in [1.82, 2.24) is 5.32 Å². The SMILES string of the molecule is CCCNC1(C(N)=O)CCCC(OC2COC2)C1. The Balaban J connectivity index is 1.93. The van der Waals surface area contributed by atoms with Gasteiger partial charge >= 0.3 is 0 Å². The highest BCUT2D eigenvalue weighted by atomic mass is 16.6. The van der Waals surface area contributed by atoms with Gasteiger partial charge in [-0.15, -0.1) is 0 Å². The van der Waals surface area contributed by atoms with E-state index in [1.54, 1.807) is 0 Å². The van der Waals surface area contributed by atoms with Crippen LogP contribution in [0.3, 0.4) is 0 Å². The summed E-state index contributed by atoms with van der Waals surface area (Å²) in [7, 11) is 0.